The lowest BCUT2D eigenvalue weighted by molar-refractivity contribution is -0.141. The fourth-order valence-electron chi connectivity index (χ4n) is 5.09. The molecule has 0 radical (unpaired) electrons. The van der Waals surface area contributed by atoms with E-state index >= 15 is 0 Å². The summed E-state index contributed by atoms with van der Waals surface area (Å²) >= 11 is 0. The maximum atomic E-state index is 13.5. The molecule has 0 bridgehead atoms. The number of halogens is 3. The molecule has 2 saturated heterocycles. The van der Waals surface area contributed by atoms with E-state index in [9.17, 15) is 31.5 Å². The fraction of sp³-hybridized carbons (Fsp3) is 0.519. The molecule has 0 spiro atoms. The number of sulfone groups is 1. The zero-order chi connectivity index (χ0) is 27.4. The summed E-state index contributed by atoms with van der Waals surface area (Å²) in [7, 11) is -4.36. The first-order valence-electron chi connectivity index (χ1n) is 12.8. The summed E-state index contributed by atoms with van der Waals surface area (Å²) in [5, 5.41) is 14.1. The van der Waals surface area contributed by atoms with Crippen LogP contribution in [0.2, 0.25) is 0 Å². The number of ether oxygens (including phenoxy) is 1. The van der Waals surface area contributed by atoms with Crippen molar-refractivity contribution in [1.82, 2.24) is 10.2 Å². The number of rotatable bonds is 8. The zero-order valence-corrected chi connectivity index (χ0v) is 21.8. The van der Waals surface area contributed by atoms with Crippen molar-refractivity contribution in [3.63, 3.8) is 0 Å². The van der Waals surface area contributed by atoms with E-state index in [4.69, 9.17) is 4.74 Å². The van der Waals surface area contributed by atoms with Crippen LogP contribution in [0.4, 0.5) is 13.2 Å². The monoisotopic (exact) mass is 554 g/mol. The van der Waals surface area contributed by atoms with Crippen molar-refractivity contribution in [3.8, 4) is 0 Å². The Balaban J connectivity index is 1.43. The highest BCUT2D eigenvalue weighted by molar-refractivity contribution is 7.92. The SMILES string of the molecule is O=C(COC(C1CCCCN1)S(=O)(=O)c1cccc(C(F)(F)F)c1)N1CCC(O)(Cc2ccccc2)CC1. The molecule has 2 aromatic rings. The molecule has 2 aliphatic heterocycles. The van der Waals surface area contributed by atoms with Crippen LogP contribution in [0.1, 0.15) is 43.2 Å². The minimum Gasteiger partial charge on any atom is -0.389 e. The number of nitrogens with one attached hydrogen (secondary N) is 1. The van der Waals surface area contributed by atoms with Crippen LogP contribution < -0.4 is 5.32 Å². The van der Waals surface area contributed by atoms with Gasteiger partial charge in [-0.15, -0.1) is 0 Å². The van der Waals surface area contributed by atoms with E-state index in [1.807, 2.05) is 30.3 Å². The number of piperidine rings is 2. The maximum absolute atomic E-state index is 13.5. The third-order valence-electron chi connectivity index (χ3n) is 7.27. The normalized spacial score (nSPS) is 21.2. The number of alkyl halides is 3. The molecular formula is C27H33F3N2O5S. The fourth-order valence-corrected chi connectivity index (χ4v) is 6.83. The first-order valence-corrected chi connectivity index (χ1v) is 14.3. The third kappa shape index (κ3) is 6.93. The van der Waals surface area contributed by atoms with Gasteiger partial charge in [0.2, 0.25) is 15.7 Å². The molecule has 11 heteroatoms. The minimum atomic E-state index is -4.70. The molecule has 2 aliphatic rings. The molecule has 208 valence electrons. The van der Waals surface area contributed by atoms with Gasteiger partial charge in [0, 0.05) is 25.6 Å². The Bertz CT molecular complexity index is 1190. The number of benzene rings is 2. The van der Waals surface area contributed by atoms with Crippen LogP contribution in [0.3, 0.4) is 0 Å². The van der Waals surface area contributed by atoms with E-state index in [2.05, 4.69) is 5.32 Å². The van der Waals surface area contributed by atoms with Gasteiger partial charge in [-0.05, 0) is 56.0 Å². The van der Waals surface area contributed by atoms with Crippen molar-refractivity contribution in [1.29, 1.82) is 0 Å². The van der Waals surface area contributed by atoms with Crippen molar-refractivity contribution in [2.75, 3.05) is 26.2 Å². The van der Waals surface area contributed by atoms with E-state index in [1.54, 1.807) is 0 Å². The lowest BCUT2D eigenvalue weighted by atomic mass is 9.85. The number of likely N-dealkylation sites (tertiary alicyclic amines) is 1. The second-order valence-corrected chi connectivity index (χ2v) is 12.1. The predicted octanol–water partition coefficient (Wildman–Crippen LogP) is 3.56. The van der Waals surface area contributed by atoms with Crippen molar-refractivity contribution in [2.24, 2.45) is 0 Å². The predicted molar refractivity (Wildman–Crippen MR) is 135 cm³/mol. The molecule has 2 fully saturated rings. The Hall–Kier alpha value is -2.47. The molecular weight excluding hydrogens is 521 g/mol. The van der Waals surface area contributed by atoms with Crippen LogP contribution in [-0.2, 0) is 32.0 Å². The summed E-state index contributed by atoms with van der Waals surface area (Å²) in [6, 6.07) is 12.5. The molecule has 2 heterocycles. The summed E-state index contributed by atoms with van der Waals surface area (Å²) < 4.78 is 72.4. The van der Waals surface area contributed by atoms with Crippen LogP contribution in [-0.4, -0.2) is 67.7 Å². The molecule has 1 amide bonds. The van der Waals surface area contributed by atoms with E-state index in [-0.39, 0.29) is 13.1 Å². The van der Waals surface area contributed by atoms with Crippen LogP contribution in [0.5, 0.6) is 0 Å². The van der Waals surface area contributed by atoms with Crippen molar-refractivity contribution >= 4 is 15.7 Å². The first-order chi connectivity index (χ1) is 18.0. The molecule has 2 unspecified atom stereocenters. The number of amides is 1. The van der Waals surface area contributed by atoms with Crippen LogP contribution >= 0.6 is 0 Å². The Morgan fingerprint density at radius 2 is 1.82 bits per heavy atom. The average Bonchev–Trinajstić information content (AvgIpc) is 2.89. The standard InChI is InChI=1S/C27H33F3N2O5S/c28-27(29,30)21-9-6-10-22(17-21)38(35,36)25(23-11-4-5-14-31-23)37-19-24(33)32-15-12-26(34,13-16-32)18-20-7-2-1-3-8-20/h1-3,6-10,17,23,25,31,34H,4-5,11-16,18-19H2. The zero-order valence-electron chi connectivity index (χ0n) is 21.0. The van der Waals surface area contributed by atoms with Crippen LogP contribution in [0.25, 0.3) is 0 Å². The lowest BCUT2D eigenvalue weighted by Crippen LogP contribution is -2.51. The van der Waals surface area contributed by atoms with Gasteiger partial charge in [0.1, 0.15) is 6.61 Å². The van der Waals surface area contributed by atoms with Gasteiger partial charge in [0.25, 0.3) is 0 Å². The summed E-state index contributed by atoms with van der Waals surface area (Å²) in [5.41, 5.74) is -2.53. The summed E-state index contributed by atoms with van der Waals surface area (Å²) in [6.07, 6.45) is -1.48. The summed E-state index contributed by atoms with van der Waals surface area (Å²) in [6.45, 7) is 0.595. The quantitative estimate of drug-likeness (QED) is 0.518. The maximum Gasteiger partial charge on any atom is 0.416 e. The van der Waals surface area contributed by atoms with Crippen LogP contribution in [0, 0.1) is 0 Å². The van der Waals surface area contributed by atoms with Gasteiger partial charge in [0.05, 0.1) is 16.1 Å². The lowest BCUT2D eigenvalue weighted by Gasteiger charge is -2.38. The van der Waals surface area contributed by atoms with E-state index in [1.165, 1.54) is 4.90 Å². The van der Waals surface area contributed by atoms with Gasteiger partial charge < -0.3 is 20.1 Å². The molecule has 0 saturated carbocycles. The number of hydrogen-bond donors (Lipinski definition) is 2. The topological polar surface area (TPSA) is 95.9 Å². The van der Waals surface area contributed by atoms with Gasteiger partial charge in [-0.1, -0.05) is 42.8 Å². The van der Waals surface area contributed by atoms with Gasteiger partial charge in [-0.25, -0.2) is 8.42 Å². The highest BCUT2D eigenvalue weighted by atomic mass is 32.2. The molecule has 7 nitrogen and oxygen atoms in total. The third-order valence-corrected chi connectivity index (χ3v) is 9.25. The molecule has 2 aromatic carbocycles. The number of aliphatic hydroxyl groups is 1. The van der Waals surface area contributed by atoms with E-state index in [0.29, 0.717) is 38.3 Å². The number of nitrogens with zero attached hydrogens (tertiary/aromatic N) is 1. The molecule has 2 N–H and O–H groups in total. The minimum absolute atomic E-state index is 0.290. The van der Waals surface area contributed by atoms with E-state index < -0.39 is 56.1 Å². The van der Waals surface area contributed by atoms with Crippen molar-refractivity contribution < 1.29 is 36.2 Å². The molecule has 4 rings (SSSR count). The highest BCUT2D eigenvalue weighted by Crippen LogP contribution is 2.32. The van der Waals surface area contributed by atoms with Gasteiger partial charge in [-0.2, -0.15) is 13.2 Å². The highest BCUT2D eigenvalue weighted by Gasteiger charge is 2.40. The summed E-state index contributed by atoms with van der Waals surface area (Å²) in [4.78, 5) is 14.0. The van der Waals surface area contributed by atoms with E-state index in [0.717, 1.165) is 36.6 Å². The van der Waals surface area contributed by atoms with Crippen LogP contribution in [0.15, 0.2) is 59.5 Å². The Morgan fingerprint density at radius 3 is 2.45 bits per heavy atom. The number of carbonyl (C=O) groups is 1. The molecule has 38 heavy (non-hydrogen) atoms. The smallest absolute Gasteiger partial charge is 0.389 e. The second kappa shape index (κ2) is 11.7. The number of hydrogen-bond acceptors (Lipinski definition) is 6. The van der Waals surface area contributed by atoms with Crippen molar-refractivity contribution in [3.05, 3.63) is 65.7 Å². The average molecular weight is 555 g/mol. The van der Waals surface area contributed by atoms with Gasteiger partial charge in [-0.3, -0.25) is 4.79 Å². The van der Waals surface area contributed by atoms with Crippen molar-refractivity contribution in [2.45, 2.75) is 66.7 Å². The second-order valence-electron chi connectivity index (χ2n) is 10.1. The van der Waals surface area contributed by atoms with Gasteiger partial charge >= 0.3 is 6.18 Å². The van der Waals surface area contributed by atoms with Gasteiger partial charge in [0.15, 0.2) is 5.44 Å². The number of carbonyl (C=O) groups excluding carboxylic acids is 1. The largest absolute Gasteiger partial charge is 0.416 e. The molecule has 0 aromatic heterocycles. The Morgan fingerprint density at radius 1 is 1.11 bits per heavy atom. The molecule has 0 aliphatic carbocycles. The first kappa shape index (κ1) is 28.5. The Kier molecular flexibility index (Phi) is 8.81. The molecule has 2 atom stereocenters. The summed E-state index contributed by atoms with van der Waals surface area (Å²) in [5.74, 6) is -0.424. The Labute approximate surface area is 220 Å².